The van der Waals surface area contributed by atoms with E-state index < -0.39 is 0 Å². The van der Waals surface area contributed by atoms with Crippen LogP contribution in [-0.2, 0) is 6.61 Å². The molecule has 1 N–H and O–H groups in total. The molecule has 1 aliphatic rings. The summed E-state index contributed by atoms with van der Waals surface area (Å²) in [6.45, 7) is 0.338. The van der Waals surface area contributed by atoms with E-state index in [-0.39, 0.29) is 6.04 Å². The summed E-state index contributed by atoms with van der Waals surface area (Å²) in [5, 5.41) is 16.0. The lowest BCUT2D eigenvalue weighted by Gasteiger charge is -2.24. The minimum atomic E-state index is -0.233. The molecule has 0 spiro atoms. The van der Waals surface area contributed by atoms with Gasteiger partial charge in [-0.1, -0.05) is 41.0 Å². The van der Waals surface area contributed by atoms with Crippen LogP contribution in [0.25, 0.3) is 5.70 Å². The molecule has 0 radical (unpaired) electrons. The van der Waals surface area contributed by atoms with E-state index in [9.17, 15) is 0 Å². The number of rotatable bonds is 6. The Morgan fingerprint density at radius 3 is 2.81 bits per heavy atom. The molecule has 0 saturated heterocycles. The molecule has 2 aromatic heterocycles. The van der Waals surface area contributed by atoms with Gasteiger partial charge in [-0.05, 0) is 52.4 Å². The topological polar surface area (TPSA) is 87.0 Å². The number of allylic oxidation sites excluding steroid dienone is 1. The van der Waals surface area contributed by atoms with E-state index in [1.54, 1.807) is 24.2 Å². The maximum absolute atomic E-state index is 6.24. The molecule has 160 valence electrons. The van der Waals surface area contributed by atoms with Gasteiger partial charge in [0.25, 0.3) is 0 Å². The molecule has 1 atom stereocenters. The van der Waals surface area contributed by atoms with Crippen LogP contribution in [-0.4, -0.2) is 32.3 Å². The zero-order valence-corrected chi connectivity index (χ0v) is 17.9. The van der Waals surface area contributed by atoms with Crippen molar-refractivity contribution in [2.24, 2.45) is 0 Å². The van der Waals surface area contributed by atoms with Crippen molar-refractivity contribution in [1.29, 1.82) is 0 Å². The lowest BCUT2D eigenvalue weighted by molar-refractivity contribution is 0.284. The summed E-state index contributed by atoms with van der Waals surface area (Å²) in [5.41, 5.74) is 3.67. The summed E-state index contributed by atoms with van der Waals surface area (Å²) in [4.78, 5) is 4.21. The largest absolute Gasteiger partial charge is 0.493 e. The van der Waals surface area contributed by atoms with Crippen LogP contribution < -0.4 is 14.8 Å². The minimum absolute atomic E-state index is 0.233. The quantitative estimate of drug-likeness (QED) is 0.470. The van der Waals surface area contributed by atoms with Crippen molar-refractivity contribution in [3.05, 3.63) is 94.8 Å². The number of benzene rings is 2. The monoisotopic (exact) mass is 446 g/mol. The average Bonchev–Trinajstić information content (AvgIpc) is 3.32. The van der Waals surface area contributed by atoms with Crippen molar-refractivity contribution in [2.75, 3.05) is 12.4 Å². The van der Waals surface area contributed by atoms with Crippen molar-refractivity contribution in [1.82, 2.24) is 25.2 Å². The van der Waals surface area contributed by atoms with Crippen LogP contribution in [0, 0.1) is 0 Å². The third-order valence-corrected chi connectivity index (χ3v) is 5.54. The molecule has 9 heteroatoms. The van der Waals surface area contributed by atoms with Gasteiger partial charge in [0, 0.05) is 34.2 Å². The fourth-order valence-electron chi connectivity index (χ4n) is 3.54. The summed E-state index contributed by atoms with van der Waals surface area (Å²) in [5.74, 6) is 1.78. The van der Waals surface area contributed by atoms with Crippen LogP contribution in [0.1, 0.15) is 22.7 Å². The number of tetrazole rings is 1. The molecule has 0 fully saturated rings. The van der Waals surface area contributed by atoms with Crippen LogP contribution in [0.15, 0.2) is 73.1 Å². The van der Waals surface area contributed by atoms with Gasteiger partial charge in [-0.3, -0.25) is 4.98 Å². The highest BCUT2D eigenvalue weighted by Crippen LogP contribution is 2.36. The maximum Gasteiger partial charge on any atom is 0.248 e. The first-order chi connectivity index (χ1) is 15.7. The number of nitrogens with one attached hydrogen (secondary N) is 1. The highest BCUT2D eigenvalue weighted by Gasteiger charge is 2.25. The summed E-state index contributed by atoms with van der Waals surface area (Å²) >= 11 is 6.24. The van der Waals surface area contributed by atoms with Crippen LogP contribution in [0.3, 0.4) is 0 Å². The van der Waals surface area contributed by atoms with Gasteiger partial charge in [0.15, 0.2) is 11.5 Å². The van der Waals surface area contributed by atoms with E-state index in [0.717, 1.165) is 22.4 Å². The Labute approximate surface area is 189 Å². The number of hydrogen-bond acceptors (Lipinski definition) is 7. The third-order valence-electron chi connectivity index (χ3n) is 5.17. The lowest BCUT2D eigenvalue weighted by atomic mass is 10.0. The van der Waals surface area contributed by atoms with Gasteiger partial charge >= 0.3 is 0 Å². The van der Waals surface area contributed by atoms with E-state index >= 15 is 0 Å². The second-order valence-electron chi connectivity index (χ2n) is 7.13. The Morgan fingerprint density at radius 1 is 1.09 bits per heavy atom. The Hall–Kier alpha value is -3.91. The molecular weight excluding hydrogens is 428 g/mol. The number of anilines is 1. The molecule has 0 saturated carbocycles. The molecule has 1 aliphatic heterocycles. The molecule has 2 aromatic carbocycles. The predicted molar refractivity (Wildman–Crippen MR) is 121 cm³/mol. The summed E-state index contributed by atoms with van der Waals surface area (Å²) < 4.78 is 13.3. The number of aromatic nitrogens is 5. The Bertz CT molecular complexity index is 1270. The highest BCUT2D eigenvalue weighted by molar-refractivity contribution is 6.31. The van der Waals surface area contributed by atoms with Crippen molar-refractivity contribution in [3.8, 4) is 11.5 Å². The number of hydrogen-bond donors (Lipinski definition) is 1. The Balaban J connectivity index is 1.46. The fourth-order valence-corrected chi connectivity index (χ4v) is 3.73. The van der Waals surface area contributed by atoms with Gasteiger partial charge in [0.2, 0.25) is 5.95 Å². The zero-order chi connectivity index (χ0) is 21.9. The maximum atomic E-state index is 6.24. The highest BCUT2D eigenvalue weighted by atomic mass is 35.5. The van der Waals surface area contributed by atoms with Crippen molar-refractivity contribution in [3.63, 3.8) is 0 Å². The number of nitrogens with zero attached hydrogens (tertiary/aromatic N) is 5. The molecule has 4 aromatic rings. The van der Waals surface area contributed by atoms with Gasteiger partial charge in [0.1, 0.15) is 12.6 Å². The molecule has 0 aliphatic carbocycles. The van der Waals surface area contributed by atoms with Crippen molar-refractivity contribution < 1.29 is 9.47 Å². The zero-order valence-electron chi connectivity index (χ0n) is 17.1. The van der Waals surface area contributed by atoms with Gasteiger partial charge in [0.05, 0.1) is 7.11 Å². The van der Waals surface area contributed by atoms with Gasteiger partial charge in [-0.25, -0.2) is 0 Å². The van der Waals surface area contributed by atoms with E-state index in [2.05, 4.69) is 31.9 Å². The number of fused-ring (bicyclic) bond motifs is 1. The molecule has 1 unspecified atom stereocenters. The van der Waals surface area contributed by atoms with E-state index in [1.807, 2.05) is 54.6 Å². The molecule has 5 rings (SSSR count). The molecule has 32 heavy (non-hydrogen) atoms. The molecular formula is C23H19ClN6O2. The summed E-state index contributed by atoms with van der Waals surface area (Å²) in [6, 6.07) is 17.0. The van der Waals surface area contributed by atoms with Crippen LogP contribution in [0.2, 0.25) is 5.02 Å². The molecule has 3 heterocycles. The van der Waals surface area contributed by atoms with Gasteiger partial charge < -0.3 is 14.8 Å². The normalized spacial score (nSPS) is 14.8. The Morgan fingerprint density at radius 2 is 2.00 bits per heavy atom. The summed E-state index contributed by atoms with van der Waals surface area (Å²) in [7, 11) is 1.61. The van der Waals surface area contributed by atoms with Crippen LogP contribution in [0.5, 0.6) is 11.5 Å². The first-order valence-corrected chi connectivity index (χ1v) is 10.3. The van der Waals surface area contributed by atoms with E-state index in [0.29, 0.717) is 29.1 Å². The van der Waals surface area contributed by atoms with Crippen LogP contribution >= 0.6 is 11.6 Å². The van der Waals surface area contributed by atoms with Gasteiger partial charge in [-0.15, -0.1) is 0 Å². The number of ether oxygens (including phenoxy) is 2. The SMILES string of the molecule is COc1cc(C2C=C(c3cccnc3)Nc3nnnn32)ccc1OCc1ccccc1Cl. The number of pyridine rings is 1. The van der Waals surface area contributed by atoms with Crippen LogP contribution in [0.4, 0.5) is 5.95 Å². The summed E-state index contributed by atoms with van der Waals surface area (Å²) in [6.07, 6.45) is 5.58. The smallest absolute Gasteiger partial charge is 0.248 e. The second kappa shape index (κ2) is 8.68. The standard InChI is InChI=1S/C23H19ClN6O2/c1-31-22-11-15(8-9-21(22)32-14-17-5-2-3-7-18(17)24)20-12-19(16-6-4-10-25-13-16)26-23-27-28-29-30(20)23/h2-13,20H,14H2,1H3,(H,26,27,29). The lowest BCUT2D eigenvalue weighted by Crippen LogP contribution is -2.20. The molecule has 0 bridgehead atoms. The minimum Gasteiger partial charge on any atom is -0.493 e. The average molecular weight is 447 g/mol. The number of halogens is 1. The van der Waals surface area contributed by atoms with Crippen molar-refractivity contribution >= 4 is 23.2 Å². The first kappa shape index (κ1) is 20.0. The number of methoxy groups -OCH3 is 1. The van der Waals surface area contributed by atoms with E-state index in [4.69, 9.17) is 21.1 Å². The first-order valence-electron chi connectivity index (χ1n) is 9.94. The van der Waals surface area contributed by atoms with E-state index in [1.165, 1.54) is 0 Å². The Kier molecular flexibility index (Phi) is 5.43. The predicted octanol–water partition coefficient (Wildman–Crippen LogP) is 4.37. The fraction of sp³-hybridized carbons (Fsp3) is 0.130. The molecule has 8 nitrogen and oxygen atoms in total. The third kappa shape index (κ3) is 3.88. The van der Waals surface area contributed by atoms with Crippen molar-refractivity contribution in [2.45, 2.75) is 12.6 Å². The van der Waals surface area contributed by atoms with Gasteiger partial charge in [-0.2, -0.15) is 4.68 Å². The molecule has 0 amide bonds. The second-order valence-corrected chi connectivity index (χ2v) is 7.54.